The predicted octanol–water partition coefficient (Wildman–Crippen LogP) is 2.91. The Morgan fingerprint density at radius 1 is 1.16 bits per heavy atom. The number of rotatable bonds is 3. The molecule has 0 radical (unpaired) electrons. The van der Waals surface area contributed by atoms with E-state index in [-0.39, 0.29) is 11.7 Å². The van der Waals surface area contributed by atoms with Crippen molar-refractivity contribution in [1.82, 2.24) is 0 Å². The summed E-state index contributed by atoms with van der Waals surface area (Å²) in [5, 5.41) is 9.43. The van der Waals surface area contributed by atoms with Crippen LogP contribution in [0.1, 0.15) is 11.1 Å². The van der Waals surface area contributed by atoms with Gasteiger partial charge in [-0.15, -0.1) is 0 Å². The molecule has 1 N–H and O–H groups in total. The quantitative estimate of drug-likeness (QED) is 0.916. The minimum Gasteiger partial charge on any atom is -0.508 e. The van der Waals surface area contributed by atoms with Gasteiger partial charge in [0, 0.05) is 18.8 Å². The lowest BCUT2D eigenvalue weighted by atomic mass is 10.1. The number of nitrogens with zero attached hydrogens (tertiary/aromatic N) is 1. The van der Waals surface area contributed by atoms with Crippen LogP contribution in [0.15, 0.2) is 48.5 Å². The molecule has 0 saturated heterocycles. The fraction of sp³-hybridized carbons (Fsp3) is 0.188. The first kappa shape index (κ1) is 13.1. The van der Waals surface area contributed by atoms with E-state index < -0.39 is 0 Å². The van der Waals surface area contributed by atoms with Crippen LogP contribution >= 0.6 is 0 Å². The van der Waals surface area contributed by atoms with Gasteiger partial charge in [0.25, 0.3) is 0 Å². The zero-order valence-corrected chi connectivity index (χ0v) is 11.1. The highest BCUT2D eigenvalue weighted by Crippen LogP contribution is 2.19. The molecule has 98 valence electrons. The molecule has 0 bridgehead atoms. The first-order chi connectivity index (χ1) is 9.06. The first-order valence-corrected chi connectivity index (χ1v) is 6.17. The van der Waals surface area contributed by atoms with Gasteiger partial charge in [-0.1, -0.05) is 35.9 Å². The number of phenolic OH excluding ortho intramolecular Hbond substituents is 1. The van der Waals surface area contributed by atoms with Crippen molar-refractivity contribution in [2.75, 3.05) is 11.9 Å². The number of benzene rings is 2. The average molecular weight is 255 g/mol. The van der Waals surface area contributed by atoms with Gasteiger partial charge >= 0.3 is 0 Å². The van der Waals surface area contributed by atoms with Gasteiger partial charge in [-0.05, 0) is 24.6 Å². The van der Waals surface area contributed by atoms with Crippen molar-refractivity contribution in [2.45, 2.75) is 13.3 Å². The minimum absolute atomic E-state index is 0.00514. The number of amides is 1. The molecule has 0 unspecified atom stereocenters. The van der Waals surface area contributed by atoms with Crippen molar-refractivity contribution in [2.24, 2.45) is 0 Å². The maximum Gasteiger partial charge on any atom is 0.231 e. The molecule has 3 nitrogen and oxygen atoms in total. The maximum atomic E-state index is 12.2. The molecule has 0 atom stereocenters. The highest BCUT2D eigenvalue weighted by molar-refractivity contribution is 5.94. The highest BCUT2D eigenvalue weighted by atomic mass is 16.3. The van der Waals surface area contributed by atoms with Crippen LogP contribution in [-0.2, 0) is 11.2 Å². The van der Waals surface area contributed by atoms with Crippen molar-refractivity contribution < 1.29 is 9.90 Å². The van der Waals surface area contributed by atoms with Gasteiger partial charge in [-0.3, -0.25) is 4.79 Å². The highest BCUT2D eigenvalue weighted by Gasteiger charge is 2.11. The van der Waals surface area contributed by atoms with Crippen LogP contribution in [0.5, 0.6) is 5.75 Å². The molecule has 2 aromatic carbocycles. The summed E-state index contributed by atoms with van der Waals surface area (Å²) in [6, 6.07) is 14.6. The van der Waals surface area contributed by atoms with Crippen molar-refractivity contribution in [3.63, 3.8) is 0 Å². The Morgan fingerprint density at radius 3 is 2.47 bits per heavy atom. The summed E-state index contributed by atoms with van der Waals surface area (Å²) in [6.45, 7) is 2.02. The van der Waals surface area contributed by atoms with Crippen LogP contribution in [0.3, 0.4) is 0 Å². The molecular weight excluding hydrogens is 238 g/mol. The Labute approximate surface area is 113 Å². The van der Waals surface area contributed by atoms with E-state index in [1.807, 2.05) is 31.2 Å². The SMILES string of the molecule is Cc1ccc(CC(=O)N(C)c2cccc(O)c2)cc1. The lowest BCUT2D eigenvalue weighted by Gasteiger charge is -2.17. The van der Waals surface area contributed by atoms with Crippen LogP contribution < -0.4 is 4.90 Å². The monoisotopic (exact) mass is 255 g/mol. The van der Waals surface area contributed by atoms with Gasteiger partial charge in [0.2, 0.25) is 5.91 Å². The van der Waals surface area contributed by atoms with E-state index in [1.165, 1.54) is 5.56 Å². The standard InChI is InChI=1S/C16H17NO2/c1-12-6-8-13(9-7-12)10-16(19)17(2)14-4-3-5-15(18)11-14/h3-9,11,18H,10H2,1-2H3. The van der Waals surface area contributed by atoms with Gasteiger partial charge < -0.3 is 10.0 Å². The lowest BCUT2D eigenvalue weighted by Crippen LogP contribution is -2.27. The molecule has 0 aliphatic carbocycles. The summed E-state index contributed by atoms with van der Waals surface area (Å²) in [6.07, 6.45) is 0.354. The molecule has 0 aliphatic rings. The van der Waals surface area contributed by atoms with Crippen molar-refractivity contribution >= 4 is 11.6 Å². The average Bonchev–Trinajstić information content (AvgIpc) is 2.40. The Balaban J connectivity index is 2.09. The molecule has 1 amide bonds. The summed E-state index contributed by atoms with van der Waals surface area (Å²) in [5.41, 5.74) is 2.86. The lowest BCUT2D eigenvalue weighted by molar-refractivity contribution is -0.117. The molecule has 0 heterocycles. The summed E-state index contributed by atoms with van der Waals surface area (Å²) < 4.78 is 0. The number of aromatic hydroxyl groups is 1. The van der Waals surface area contributed by atoms with Crippen molar-refractivity contribution in [1.29, 1.82) is 0 Å². The topological polar surface area (TPSA) is 40.5 Å². The number of anilines is 1. The van der Waals surface area contributed by atoms with Crippen molar-refractivity contribution in [3.05, 3.63) is 59.7 Å². The van der Waals surface area contributed by atoms with E-state index in [0.717, 1.165) is 5.56 Å². The molecule has 2 rings (SSSR count). The maximum absolute atomic E-state index is 12.2. The van der Waals surface area contributed by atoms with E-state index in [0.29, 0.717) is 12.1 Å². The molecule has 0 aliphatic heterocycles. The molecule has 2 aromatic rings. The minimum atomic E-state index is -0.00514. The second-order valence-electron chi connectivity index (χ2n) is 4.63. The molecular formula is C16H17NO2. The molecule has 0 spiro atoms. The number of aryl methyl sites for hydroxylation is 1. The largest absolute Gasteiger partial charge is 0.508 e. The Morgan fingerprint density at radius 2 is 1.84 bits per heavy atom. The zero-order chi connectivity index (χ0) is 13.8. The third-order valence-electron chi connectivity index (χ3n) is 3.07. The fourth-order valence-corrected chi connectivity index (χ4v) is 1.84. The molecule has 0 fully saturated rings. The summed E-state index contributed by atoms with van der Waals surface area (Å²) >= 11 is 0. The first-order valence-electron chi connectivity index (χ1n) is 6.17. The number of hydrogen-bond acceptors (Lipinski definition) is 2. The number of hydrogen-bond donors (Lipinski definition) is 1. The molecule has 3 heteroatoms. The predicted molar refractivity (Wildman–Crippen MR) is 76.4 cm³/mol. The van der Waals surface area contributed by atoms with Gasteiger partial charge in [-0.25, -0.2) is 0 Å². The van der Waals surface area contributed by atoms with Crippen LogP contribution in [-0.4, -0.2) is 18.1 Å². The van der Waals surface area contributed by atoms with E-state index in [9.17, 15) is 9.90 Å². The van der Waals surface area contributed by atoms with E-state index in [2.05, 4.69) is 0 Å². The third kappa shape index (κ3) is 3.35. The van der Waals surface area contributed by atoms with Gasteiger partial charge in [-0.2, -0.15) is 0 Å². The number of carbonyl (C=O) groups excluding carboxylic acids is 1. The van der Waals surface area contributed by atoms with Gasteiger partial charge in [0.1, 0.15) is 5.75 Å². The normalized spacial score (nSPS) is 10.2. The Bertz CT molecular complexity index is 576. The van der Waals surface area contributed by atoms with Gasteiger partial charge in [0.05, 0.1) is 6.42 Å². The number of phenols is 1. The van der Waals surface area contributed by atoms with E-state index in [1.54, 1.807) is 36.2 Å². The second kappa shape index (κ2) is 5.57. The third-order valence-corrected chi connectivity index (χ3v) is 3.07. The summed E-state index contributed by atoms with van der Waals surface area (Å²) in [7, 11) is 1.71. The van der Waals surface area contributed by atoms with E-state index in [4.69, 9.17) is 0 Å². The number of likely N-dealkylation sites (N-methyl/N-ethyl adjacent to an activating group) is 1. The van der Waals surface area contributed by atoms with E-state index >= 15 is 0 Å². The van der Waals surface area contributed by atoms with Gasteiger partial charge in [0.15, 0.2) is 0 Å². The Kier molecular flexibility index (Phi) is 3.85. The van der Waals surface area contributed by atoms with Crippen LogP contribution in [0.4, 0.5) is 5.69 Å². The van der Waals surface area contributed by atoms with Crippen molar-refractivity contribution in [3.8, 4) is 5.75 Å². The number of carbonyl (C=O) groups is 1. The summed E-state index contributed by atoms with van der Waals surface area (Å²) in [5.74, 6) is 0.155. The molecule has 0 saturated carbocycles. The van der Waals surface area contributed by atoms with Crippen LogP contribution in [0.25, 0.3) is 0 Å². The van der Waals surface area contributed by atoms with Crippen LogP contribution in [0, 0.1) is 6.92 Å². The fourth-order valence-electron chi connectivity index (χ4n) is 1.84. The summed E-state index contributed by atoms with van der Waals surface area (Å²) in [4.78, 5) is 13.7. The van der Waals surface area contributed by atoms with Crippen LogP contribution in [0.2, 0.25) is 0 Å². The smallest absolute Gasteiger partial charge is 0.231 e. The Hall–Kier alpha value is -2.29. The molecule has 19 heavy (non-hydrogen) atoms. The second-order valence-corrected chi connectivity index (χ2v) is 4.63. The zero-order valence-electron chi connectivity index (χ0n) is 11.1. The molecule has 0 aromatic heterocycles.